The van der Waals surface area contributed by atoms with E-state index in [4.69, 9.17) is 0 Å². The Labute approximate surface area is 90.7 Å². The summed E-state index contributed by atoms with van der Waals surface area (Å²) in [6.45, 7) is 0.759. The van der Waals surface area contributed by atoms with Gasteiger partial charge in [0.2, 0.25) is 0 Å². The smallest absolute Gasteiger partial charge is 0.116 e. The minimum absolute atomic E-state index is 0.759. The third-order valence-electron chi connectivity index (χ3n) is 2.04. The Morgan fingerprint density at radius 1 is 1.36 bits per heavy atom. The molecule has 4 heteroatoms. The SMILES string of the molecule is CNCc1ncnc2c(Br)cccc12. The van der Waals surface area contributed by atoms with Crippen LogP contribution in [-0.2, 0) is 6.54 Å². The third kappa shape index (κ3) is 1.63. The van der Waals surface area contributed by atoms with Gasteiger partial charge in [-0.15, -0.1) is 0 Å². The van der Waals surface area contributed by atoms with Crippen LogP contribution in [-0.4, -0.2) is 17.0 Å². The maximum Gasteiger partial charge on any atom is 0.116 e. The third-order valence-corrected chi connectivity index (χ3v) is 2.68. The van der Waals surface area contributed by atoms with E-state index in [0.717, 1.165) is 27.6 Å². The first-order valence-electron chi connectivity index (χ1n) is 4.35. The van der Waals surface area contributed by atoms with E-state index in [-0.39, 0.29) is 0 Å². The van der Waals surface area contributed by atoms with Gasteiger partial charge in [0.1, 0.15) is 6.33 Å². The molecule has 1 aromatic heterocycles. The molecule has 0 saturated heterocycles. The van der Waals surface area contributed by atoms with Gasteiger partial charge in [0, 0.05) is 16.4 Å². The maximum absolute atomic E-state index is 4.24. The number of hydrogen-bond acceptors (Lipinski definition) is 3. The molecule has 14 heavy (non-hydrogen) atoms. The van der Waals surface area contributed by atoms with Crippen LogP contribution in [0.3, 0.4) is 0 Å². The fourth-order valence-electron chi connectivity index (χ4n) is 1.41. The van der Waals surface area contributed by atoms with Crippen molar-refractivity contribution < 1.29 is 0 Å². The lowest BCUT2D eigenvalue weighted by molar-refractivity contribution is 0.795. The number of para-hydroxylation sites is 1. The van der Waals surface area contributed by atoms with Crippen LogP contribution in [0, 0.1) is 0 Å². The molecule has 0 aliphatic rings. The minimum Gasteiger partial charge on any atom is -0.314 e. The summed E-state index contributed by atoms with van der Waals surface area (Å²) >= 11 is 3.47. The van der Waals surface area contributed by atoms with Crippen LogP contribution < -0.4 is 5.32 Å². The Morgan fingerprint density at radius 3 is 3.00 bits per heavy atom. The maximum atomic E-state index is 4.24. The number of nitrogens with zero attached hydrogens (tertiary/aromatic N) is 2. The van der Waals surface area contributed by atoms with Crippen LogP contribution >= 0.6 is 15.9 Å². The molecule has 1 N–H and O–H groups in total. The first kappa shape index (κ1) is 9.55. The van der Waals surface area contributed by atoms with E-state index in [9.17, 15) is 0 Å². The van der Waals surface area contributed by atoms with E-state index in [2.05, 4.69) is 31.2 Å². The van der Waals surface area contributed by atoms with Gasteiger partial charge in [-0.2, -0.15) is 0 Å². The zero-order valence-electron chi connectivity index (χ0n) is 7.79. The summed E-state index contributed by atoms with van der Waals surface area (Å²) in [6, 6.07) is 6.01. The minimum atomic E-state index is 0.759. The van der Waals surface area contributed by atoms with Gasteiger partial charge in [0.25, 0.3) is 0 Å². The number of aromatic nitrogens is 2. The molecule has 3 nitrogen and oxygen atoms in total. The molecular formula is C10H10BrN3. The molecule has 0 aliphatic carbocycles. The summed E-state index contributed by atoms with van der Waals surface area (Å²) in [5.74, 6) is 0. The first-order valence-corrected chi connectivity index (χ1v) is 5.15. The van der Waals surface area contributed by atoms with E-state index in [0.29, 0.717) is 0 Å². The molecule has 0 bridgehead atoms. The van der Waals surface area contributed by atoms with E-state index in [1.54, 1.807) is 6.33 Å². The van der Waals surface area contributed by atoms with Crippen molar-refractivity contribution in [3.63, 3.8) is 0 Å². The molecule has 72 valence electrons. The predicted octanol–water partition coefficient (Wildman–Crippen LogP) is 2.11. The van der Waals surface area contributed by atoms with Gasteiger partial charge in [-0.3, -0.25) is 0 Å². The Kier molecular flexibility index (Phi) is 2.74. The number of halogens is 1. The average molecular weight is 252 g/mol. The summed E-state index contributed by atoms with van der Waals surface area (Å²) in [6.07, 6.45) is 1.60. The van der Waals surface area contributed by atoms with Crippen molar-refractivity contribution in [1.29, 1.82) is 0 Å². The monoisotopic (exact) mass is 251 g/mol. The molecule has 0 radical (unpaired) electrons. The summed E-state index contributed by atoms with van der Waals surface area (Å²) < 4.78 is 1.01. The average Bonchev–Trinajstić information content (AvgIpc) is 2.20. The molecule has 1 heterocycles. The second kappa shape index (κ2) is 4.02. The van der Waals surface area contributed by atoms with Crippen LogP contribution in [0.4, 0.5) is 0 Å². The second-order valence-corrected chi connectivity index (χ2v) is 3.84. The molecule has 2 aromatic rings. The Hall–Kier alpha value is -1.00. The molecule has 0 amide bonds. The Bertz CT molecular complexity index is 456. The molecule has 2 rings (SSSR count). The number of hydrogen-bond donors (Lipinski definition) is 1. The predicted molar refractivity (Wildman–Crippen MR) is 60.0 cm³/mol. The zero-order valence-corrected chi connectivity index (χ0v) is 9.37. The lowest BCUT2D eigenvalue weighted by atomic mass is 10.2. The lowest BCUT2D eigenvalue weighted by Gasteiger charge is -2.04. The number of benzene rings is 1. The summed E-state index contributed by atoms with van der Waals surface area (Å²) in [5.41, 5.74) is 1.99. The highest BCUT2D eigenvalue weighted by atomic mass is 79.9. The van der Waals surface area contributed by atoms with Crippen LogP contribution in [0.15, 0.2) is 29.0 Å². The van der Waals surface area contributed by atoms with Crippen LogP contribution in [0.5, 0.6) is 0 Å². The second-order valence-electron chi connectivity index (χ2n) is 2.99. The van der Waals surface area contributed by atoms with Crippen molar-refractivity contribution in [2.45, 2.75) is 6.54 Å². The van der Waals surface area contributed by atoms with Gasteiger partial charge in [-0.25, -0.2) is 9.97 Å². The molecule has 0 atom stereocenters. The zero-order chi connectivity index (χ0) is 9.97. The van der Waals surface area contributed by atoms with Gasteiger partial charge in [0.05, 0.1) is 11.2 Å². The fraction of sp³-hybridized carbons (Fsp3) is 0.200. The fourth-order valence-corrected chi connectivity index (χ4v) is 1.88. The van der Waals surface area contributed by atoms with Gasteiger partial charge < -0.3 is 5.32 Å². The number of rotatable bonds is 2. The quantitative estimate of drug-likeness (QED) is 0.889. The molecule has 0 saturated carbocycles. The largest absolute Gasteiger partial charge is 0.314 e. The van der Waals surface area contributed by atoms with E-state index >= 15 is 0 Å². The molecule has 0 aliphatic heterocycles. The van der Waals surface area contributed by atoms with E-state index in [1.807, 2.05) is 25.2 Å². The number of nitrogens with one attached hydrogen (secondary N) is 1. The molecule has 0 fully saturated rings. The van der Waals surface area contributed by atoms with Crippen molar-refractivity contribution >= 4 is 26.8 Å². The van der Waals surface area contributed by atoms with Gasteiger partial charge in [0.15, 0.2) is 0 Å². The van der Waals surface area contributed by atoms with Gasteiger partial charge in [-0.05, 0) is 29.0 Å². The Morgan fingerprint density at radius 2 is 2.21 bits per heavy atom. The lowest BCUT2D eigenvalue weighted by Crippen LogP contribution is -2.07. The topological polar surface area (TPSA) is 37.8 Å². The molecule has 0 unspecified atom stereocenters. The molecule has 0 spiro atoms. The molecule has 1 aromatic carbocycles. The van der Waals surface area contributed by atoms with Crippen molar-refractivity contribution in [3.8, 4) is 0 Å². The number of fused-ring (bicyclic) bond motifs is 1. The highest BCUT2D eigenvalue weighted by molar-refractivity contribution is 9.10. The standard InChI is InChI=1S/C10H10BrN3/c1-12-5-9-7-3-2-4-8(11)10(7)14-6-13-9/h2-4,6,12H,5H2,1H3. The highest BCUT2D eigenvalue weighted by Crippen LogP contribution is 2.22. The Balaban J connectivity index is 2.68. The van der Waals surface area contributed by atoms with Crippen molar-refractivity contribution in [2.24, 2.45) is 0 Å². The first-order chi connectivity index (χ1) is 6.83. The summed E-state index contributed by atoms with van der Waals surface area (Å²) in [7, 11) is 1.91. The van der Waals surface area contributed by atoms with E-state index in [1.165, 1.54) is 0 Å². The van der Waals surface area contributed by atoms with Crippen molar-refractivity contribution in [1.82, 2.24) is 15.3 Å². The van der Waals surface area contributed by atoms with Gasteiger partial charge in [-0.1, -0.05) is 12.1 Å². The summed E-state index contributed by atoms with van der Waals surface area (Å²) in [5, 5.41) is 4.18. The summed E-state index contributed by atoms with van der Waals surface area (Å²) in [4.78, 5) is 8.48. The van der Waals surface area contributed by atoms with Gasteiger partial charge >= 0.3 is 0 Å². The van der Waals surface area contributed by atoms with Crippen LogP contribution in [0.2, 0.25) is 0 Å². The van der Waals surface area contributed by atoms with Crippen molar-refractivity contribution in [2.75, 3.05) is 7.05 Å². The molecular weight excluding hydrogens is 242 g/mol. The highest BCUT2D eigenvalue weighted by Gasteiger charge is 2.04. The van der Waals surface area contributed by atoms with Crippen molar-refractivity contribution in [3.05, 3.63) is 34.7 Å². The van der Waals surface area contributed by atoms with Crippen LogP contribution in [0.1, 0.15) is 5.69 Å². The van der Waals surface area contributed by atoms with E-state index < -0.39 is 0 Å². The van der Waals surface area contributed by atoms with Crippen LogP contribution in [0.25, 0.3) is 10.9 Å². The normalized spacial score (nSPS) is 10.7.